The van der Waals surface area contributed by atoms with E-state index < -0.39 is 22.9 Å². The number of hydrogen-bond donors (Lipinski definition) is 1. The highest BCUT2D eigenvalue weighted by atomic mass is 32.2. The Kier molecular flexibility index (Phi) is 8.80. The molecular formula is C38H33NO4S. The van der Waals surface area contributed by atoms with Crippen molar-refractivity contribution in [2.24, 2.45) is 0 Å². The molecule has 1 amide bonds. The van der Waals surface area contributed by atoms with Crippen LogP contribution in [0.15, 0.2) is 140 Å². The number of carbonyl (C=O) groups excluding carboxylic acids is 2. The van der Waals surface area contributed by atoms with Crippen LogP contribution in [0.3, 0.4) is 0 Å². The Morgan fingerprint density at radius 1 is 0.682 bits per heavy atom. The molecule has 1 aliphatic rings. The molecule has 0 saturated heterocycles. The molecule has 5 aromatic carbocycles. The van der Waals surface area contributed by atoms with Crippen LogP contribution in [0.2, 0.25) is 0 Å². The van der Waals surface area contributed by atoms with Gasteiger partial charge in [0.2, 0.25) is 0 Å². The minimum Gasteiger partial charge on any atom is -0.467 e. The van der Waals surface area contributed by atoms with Crippen molar-refractivity contribution in [1.29, 1.82) is 0 Å². The van der Waals surface area contributed by atoms with E-state index in [9.17, 15) is 9.59 Å². The smallest absolute Gasteiger partial charge is 0.407 e. The Morgan fingerprint density at radius 2 is 1.11 bits per heavy atom. The molecule has 0 aliphatic heterocycles. The average molecular weight is 600 g/mol. The van der Waals surface area contributed by atoms with Crippen molar-refractivity contribution in [1.82, 2.24) is 5.32 Å². The van der Waals surface area contributed by atoms with Gasteiger partial charge in [0.05, 0.1) is 11.9 Å². The van der Waals surface area contributed by atoms with Gasteiger partial charge in [-0.25, -0.2) is 9.59 Å². The van der Waals surface area contributed by atoms with E-state index in [1.54, 1.807) is 11.8 Å². The Balaban J connectivity index is 1.25. The molecule has 5 nitrogen and oxygen atoms in total. The number of rotatable bonds is 10. The standard InChI is InChI=1S/C38H33NO4S/c1-42-36(40)35(39-37(41)43-25-34-32-23-13-11-21-30(32)31-22-12-14-24-33(31)34)26-44-38(27-15-5-2-6-16-27,28-17-7-3-8-18-28)29-19-9-4-10-20-29/h2-24,34-35H,25-26H2,1H3,(H,39,41)/t35-/m1/s1. The van der Waals surface area contributed by atoms with E-state index in [0.717, 1.165) is 38.9 Å². The topological polar surface area (TPSA) is 64.6 Å². The summed E-state index contributed by atoms with van der Waals surface area (Å²) in [4.78, 5) is 26.3. The third-order valence-electron chi connectivity index (χ3n) is 8.13. The van der Waals surface area contributed by atoms with Crippen LogP contribution in [0.4, 0.5) is 4.79 Å². The molecule has 0 bridgehead atoms. The second kappa shape index (κ2) is 13.2. The average Bonchev–Trinajstić information content (AvgIpc) is 3.41. The number of amides is 1. The van der Waals surface area contributed by atoms with Crippen LogP contribution in [-0.2, 0) is 19.0 Å². The Labute approximate surface area is 262 Å². The molecule has 0 fully saturated rings. The summed E-state index contributed by atoms with van der Waals surface area (Å²) in [5, 5.41) is 2.81. The fraction of sp³-hybridized carbons (Fsp3) is 0.158. The quantitative estimate of drug-likeness (QED) is 0.131. The predicted octanol–water partition coefficient (Wildman–Crippen LogP) is 7.79. The number of fused-ring (bicyclic) bond motifs is 3. The molecule has 0 radical (unpaired) electrons. The third-order valence-corrected chi connectivity index (χ3v) is 9.77. The van der Waals surface area contributed by atoms with Gasteiger partial charge in [0.25, 0.3) is 0 Å². The molecule has 1 N–H and O–H groups in total. The van der Waals surface area contributed by atoms with Gasteiger partial charge in [-0.05, 0) is 38.9 Å². The van der Waals surface area contributed by atoms with E-state index >= 15 is 0 Å². The monoisotopic (exact) mass is 599 g/mol. The Morgan fingerprint density at radius 3 is 1.57 bits per heavy atom. The molecule has 1 aliphatic carbocycles. The Hall–Kier alpha value is -4.81. The summed E-state index contributed by atoms with van der Waals surface area (Å²) >= 11 is 1.58. The largest absolute Gasteiger partial charge is 0.467 e. The summed E-state index contributed by atoms with van der Waals surface area (Å²) in [5.74, 6) is -0.370. The summed E-state index contributed by atoms with van der Waals surface area (Å²) in [6, 6.07) is 46.1. The molecule has 0 spiro atoms. The summed E-state index contributed by atoms with van der Waals surface area (Å²) < 4.78 is 10.3. The molecule has 6 rings (SSSR count). The fourth-order valence-electron chi connectivity index (χ4n) is 6.07. The lowest BCUT2D eigenvalue weighted by Crippen LogP contribution is -2.45. The van der Waals surface area contributed by atoms with Gasteiger partial charge in [-0.1, -0.05) is 140 Å². The number of esters is 1. The number of ether oxygens (including phenoxy) is 2. The summed E-state index contributed by atoms with van der Waals surface area (Å²) in [5.41, 5.74) is 7.74. The maximum absolute atomic E-state index is 13.2. The van der Waals surface area contributed by atoms with Crippen LogP contribution >= 0.6 is 11.8 Å². The lowest BCUT2D eigenvalue weighted by molar-refractivity contribution is -0.142. The first-order chi connectivity index (χ1) is 21.6. The van der Waals surface area contributed by atoms with Crippen molar-refractivity contribution in [3.8, 4) is 11.1 Å². The first-order valence-corrected chi connectivity index (χ1v) is 15.6. The maximum atomic E-state index is 13.2. The zero-order chi connectivity index (χ0) is 30.4. The van der Waals surface area contributed by atoms with Crippen LogP contribution < -0.4 is 5.32 Å². The van der Waals surface area contributed by atoms with E-state index in [1.807, 2.05) is 78.9 Å². The van der Waals surface area contributed by atoms with Gasteiger partial charge in [0.15, 0.2) is 0 Å². The Bertz CT molecular complexity index is 1580. The fourth-order valence-corrected chi connectivity index (χ4v) is 7.61. The predicted molar refractivity (Wildman–Crippen MR) is 176 cm³/mol. The first-order valence-electron chi connectivity index (χ1n) is 14.6. The van der Waals surface area contributed by atoms with Gasteiger partial charge in [0, 0.05) is 11.7 Å². The van der Waals surface area contributed by atoms with Crippen molar-refractivity contribution in [2.45, 2.75) is 16.7 Å². The third kappa shape index (κ3) is 5.73. The van der Waals surface area contributed by atoms with Crippen molar-refractivity contribution in [3.05, 3.63) is 167 Å². The highest BCUT2D eigenvalue weighted by molar-refractivity contribution is 8.00. The summed E-state index contributed by atoms with van der Waals surface area (Å²) in [6.45, 7) is 0.156. The van der Waals surface area contributed by atoms with Crippen LogP contribution in [0, 0.1) is 0 Å². The number of hydrogen-bond acceptors (Lipinski definition) is 5. The van der Waals surface area contributed by atoms with Gasteiger partial charge in [-0.3, -0.25) is 0 Å². The number of alkyl carbamates (subject to hydrolysis) is 1. The van der Waals surface area contributed by atoms with E-state index in [2.05, 4.69) is 66.0 Å². The van der Waals surface area contributed by atoms with E-state index in [0.29, 0.717) is 0 Å². The van der Waals surface area contributed by atoms with Gasteiger partial charge in [-0.15, -0.1) is 11.8 Å². The van der Waals surface area contributed by atoms with Crippen molar-refractivity contribution >= 4 is 23.8 Å². The molecule has 5 aromatic rings. The molecule has 0 unspecified atom stereocenters. The first kappa shape index (κ1) is 29.3. The molecule has 220 valence electrons. The number of methoxy groups -OCH3 is 1. The molecule has 0 saturated carbocycles. The van der Waals surface area contributed by atoms with Gasteiger partial charge in [-0.2, -0.15) is 0 Å². The summed E-state index contributed by atoms with van der Waals surface area (Å²) in [7, 11) is 1.33. The number of nitrogens with one attached hydrogen (secondary N) is 1. The normalized spacial score (nSPS) is 12.9. The highest BCUT2D eigenvalue weighted by Gasteiger charge is 2.39. The lowest BCUT2D eigenvalue weighted by atomic mass is 9.84. The van der Waals surface area contributed by atoms with Crippen molar-refractivity contribution in [2.75, 3.05) is 19.5 Å². The van der Waals surface area contributed by atoms with Gasteiger partial charge < -0.3 is 14.8 Å². The van der Waals surface area contributed by atoms with Crippen molar-refractivity contribution < 1.29 is 19.1 Å². The van der Waals surface area contributed by atoms with Gasteiger partial charge in [0.1, 0.15) is 12.6 Å². The zero-order valence-electron chi connectivity index (χ0n) is 24.4. The number of carbonyl (C=O) groups is 2. The molecule has 6 heteroatoms. The van der Waals surface area contributed by atoms with Crippen LogP contribution in [0.1, 0.15) is 33.7 Å². The molecule has 0 heterocycles. The molecule has 1 atom stereocenters. The maximum Gasteiger partial charge on any atom is 0.407 e. The second-order valence-corrected chi connectivity index (χ2v) is 11.9. The lowest BCUT2D eigenvalue weighted by Gasteiger charge is -2.36. The van der Waals surface area contributed by atoms with Crippen LogP contribution in [-0.4, -0.2) is 37.6 Å². The van der Waals surface area contributed by atoms with Crippen molar-refractivity contribution in [3.63, 3.8) is 0 Å². The van der Waals surface area contributed by atoms with Gasteiger partial charge >= 0.3 is 12.1 Å². The number of benzene rings is 5. The van der Waals surface area contributed by atoms with E-state index in [1.165, 1.54) is 7.11 Å². The minimum absolute atomic E-state index is 0.0824. The number of thioether (sulfide) groups is 1. The highest BCUT2D eigenvalue weighted by Crippen LogP contribution is 2.49. The minimum atomic E-state index is -0.934. The molecular weight excluding hydrogens is 566 g/mol. The molecule has 44 heavy (non-hydrogen) atoms. The van der Waals surface area contributed by atoms with Crippen LogP contribution in [0.5, 0.6) is 0 Å². The van der Waals surface area contributed by atoms with E-state index in [-0.39, 0.29) is 18.3 Å². The van der Waals surface area contributed by atoms with Crippen LogP contribution in [0.25, 0.3) is 11.1 Å². The van der Waals surface area contributed by atoms with E-state index in [4.69, 9.17) is 9.47 Å². The summed E-state index contributed by atoms with van der Waals surface area (Å²) in [6.07, 6.45) is -0.660. The SMILES string of the molecule is COC(=O)[C@@H](CSC(c1ccccc1)(c1ccccc1)c1ccccc1)NC(=O)OCC1c2ccccc2-c2ccccc21. The molecule has 0 aromatic heterocycles. The zero-order valence-corrected chi connectivity index (χ0v) is 25.2. The second-order valence-electron chi connectivity index (χ2n) is 10.6.